The van der Waals surface area contributed by atoms with Crippen LogP contribution in [0, 0.1) is 6.92 Å². The van der Waals surface area contributed by atoms with Crippen molar-refractivity contribution in [3.8, 4) is 0 Å². The molecule has 1 aliphatic rings. The van der Waals surface area contributed by atoms with E-state index >= 15 is 0 Å². The molecule has 1 heterocycles. The molecule has 5 nitrogen and oxygen atoms in total. The molecule has 0 aliphatic carbocycles. The van der Waals surface area contributed by atoms with Crippen molar-refractivity contribution in [2.24, 2.45) is 0 Å². The Morgan fingerprint density at radius 3 is 2.95 bits per heavy atom. The van der Waals surface area contributed by atoms with Crippen molar-refractivity contribution in [1.82, 2.24) is 0 Å². The molecule has 0 spiro atoms. The van der Waals surface area contributed by atoms with E-state index in [4.69, 9.17) is 15.2 Å². The van der Waals surface area contributed by atoms with Gasteiger partial charge in [-0.1, -0.05) is 6.07 Å². The molecule has 5 heteroatoms. The zero-order valence-corrected chi connectivity index (χ0v) is 11.9. The van der Waals surface area contributed by atoms with Crippen molar-refractivity contribution in [1.29, 1.82) is 0 Å². The van der Waals surface area contributed by atoms with E-state index in [1.54, 1.807) is 0 Å². The molecule has 1 aliphatic heterocycles. The molecule has 20 heavy (non-hydrogen) atoms. The van der Waals surface area contributed by atoms with Gasteiger partial charge in [0, 0.05) is 24.6 Å². The van der Waals surface area contributed by atoms with E-state index in [-0.39, 0.29) is 12.0 Å². The second-order valence-electron chi connectivity index (χ2n) is 5.00. The number of rotatable bonds is 5. The van der Waals surface area contributed by atoms with Crippen LogP contribution in [0.3, 0.4) is 0 Å². The standard InChI is InChI=1S/C15H22N2O3/c1-11-13(16)3-2-4-14(11)17-15(18)7-10-20-12-5-8-19-9-6-12/h2-4,12H,5-10,16H2,1H3,(H,17,18). The maximum Gasteiger partial charge on any atom is 0.226 e. The fourth-order valence-electron chi connectivity index (χ4n) is 2.16. The fraction of sp³-hybridized carbons (Fsp3) is 0.533. The molecule has 0 unspecified atom stereocenters. The lowest BCUT2D eigenvalue weighted by Crippen LogP contribution is -2.25. The van der Waals surface area contributed by atoms with Crippen LogP contribution in [-0.4, -0.2) is 31.8 Å². The molecule has 3 N–H and O–H groups in total. The van der Waals surface area contributed by atoms with Gasteiger partial charge in [0.1, 0.15) is 0 Å². The van der Waals surface area contributed by atoms with Gasteiger partial charge in [0.15, 0.2) is 0 Å². The van der Waals surface area contributed by atoms with Crippen LogP contribution in [-0.2, 0) is 14.3 Å². The maximum atomic E-state index is 11.9. The zero-order valence-electron chi connectivity index (χ0n) is 11.9. The summed E-state index contributed by atoms with van der Waals surface area (Å²) in [5.74, 6) is -0.0502. The van der Waals surface area contributed by atoms with Crippen LogP contribution in [0.1, 0.15) is 24.8 Å². The van der Waals surface area contributed by atoms with Crippen LogP contribution in [0.4, 0.5) is 11.4 Å². The Kier molecular flexibility index (Phi) is 5.38. The molecule has 0 bridgehead atoms. The lowest BCUT2D eigenvalue weighted by molar-refractivity contribution is -0.118. The lowest BCUT2D eigenvalue weighted by Gasteiger charge is -2.22. The van der Waals surface area contributed by atoms with Gasteiger partial charge in [-0.2, -0.15) is 0 Å². The van der Waals surface area contributed by atoms with E-state index in [0.29, 0.717) is 18.7 Å². The number of ether oxygens (including phenoxy) is 2. The molecule has 1 aromatic rings. The Bertz CT molecular complexity index is 456. The number of anilines is 2. The van der Waals surface area contributed by atoms with E-state index in [0.717, 1.165) is 37.3 Å². The van der Waals surface area contributed by atoms with Crippen molar-refractivity contribution in [2.45, 2.75) is 32.3 Å². The van der Waals surface area contributed by atoms with Crippen LogP contribution < -0.4 is 11.1 Å². The van der Waals surface area contributed by atoms with Gasteiger partial charge in [0.05, 0.1) is 19.1 Å². The van der Waals surface area contributed by atoms with Crippen molar-refractivity contribution in [3.63, 3.8) is 0 Å². The van der Waals surface area contributed by atoms with E-state index in [1.807, 2.05) is 25.1 Å². The van der Waals surface area contributed by atoms with E-state index in [1.165, 1.54) is 0 Å². The normalized spacial score (nSPS) is 16.1. The van der Waals surface area contributed by atoms with Crippen LogP contribution in [0.15, 0.2) is 18.2 Å². The van der Waals surface area contributed by atoms with Crippen molar-refractivity contribution >= 4 is 17.3 Å². The average molecular weight is 278 g/mol. The van der Waals surface area contributed by atoms with E-state index in [2.05, 4.69) is 5.32 Å². The largest absolute Gasteiger partial charge is 0.398 e. The maximum absolute atomic E-state index is 11.9. The predicted octanol–water partition coefficient (Wildman–Crippen LogP) is 2.10. The van der Waals surface area contributed by atoms with Crippen molar-refractivity contribution < 1.29 is 14.3 Å². The smallest absolute Gasteiger partial charge is 0.226 e. The van der Waals surface area contributed by atoms with Gasteiger partial charge in [-0.3, -0.25) is 4.79 Å². The summed E-state index contributed by atoms with van der Waals surface area (Å²) in [7, 11) is 0. The Balaban J connectivity index is 1.73. The van der Waals surface area contributed by atoms with Gasteiger partial charge in [-0.15, -0.1) is 0 Å². The SMILES string of the molecule is Cc1c(N)cccc1NC(=O)CCOC1CCOCC1. The first kappa shape index (κ1) is 14.8. The zero-order chi connectivity index (χ0) is 14.4. The third kappa shape index (κ3) is 4.21. The Labute approximate surface area is 119 Å². The molecule has 0 atom stereocenters. The molecule has 1 aromatic carbocycles. The van der Waals surface area contributed by atoms with Gasteiger partial charge in [-0.25, -0.2) is 0 Å². The highest BCUT2D eigenvalue weighted by molar-refractivity contribution is 5.92. The number of nitrogen functional groups attached to an aromatic ring is 1. The topological polar surface area (TPSA) is 73.6 Å². The van der Waals surface area contributed by atoms with Gasteiger partial charge in [0.2, 0.25) is 5.91 Å². The third-order valence-corrected chi connectivity index (χ3v) is 3.50. The number of nitrogens with one attached hydrogen (secondary N) is 1. The molecule has 0 aromatic heterocycles. The summed E-state index contributed by atoms with van der Waals surface area (Å²) in [6, 6.07) is 5.50. The average Bonchev–Trinajstić information content (AvgIpc) is 2.45. The summed E-state index contributed by atoms with van der Waals surface area (Å²) in [4.78, 5) is 11.9. The Hall–Kier alpha value is -1.59. The van der Waals surface area contributed by atoms with Crippen LogP contribution in [0.25, 0.3) is 0 Å². The molecule has 2 rings (SSSR count). The predicted molar refractivity (Wildman–Crippen MR) is 78.6 cm³/mol. The van der Waals surface area contributed by atoms with Crippen LogP contribution >= 0.6 is 0 Å². The summed E-state index contributed by atoms with van der Waals surface area (Å²) >= 11 is 0. The van der Waals surface area contributed by atoms with E-state index in [9.17, 15) is 4.79 Å². The molecule has 1 fully saturated rings. The first-order valence-electron chi connectivity index (χ1n) is 7.01. The highest BCUT2D eigenvalue weighted by Crippen LogP contribution is 2.20. The monoisotopic (exact) mass is 278 g/mol. The minimum Gasteiger partial charge on any atom is -0.398 e. The van der Waals surface area contributed by atoms with Crippen molar-refractivity contribution in [2.75, 3.05) is 30.9 Å². The highest BCUT2D eigenvalue weighted by Gasteiger charge is 2.14. The molecule has 110 valence electrons. The van der Waals surface area contributed by atoms with Crippen LogP contribution in [0.2, 0.25) is 0 Å². The third-order valence-electron chi connectivity index (χ3n) is 3.50. The summed E-state index contributed by atoms with van der Waals surface area (Å²) in [6.07, 6.45) is 2.41. The molecule has 0 radical (unpaired) electrons. The van der Waals surface area contributed by atoms with Gasteiger partial charge in [0.25, 0.3) is 0 Å². The summed E-state index contributed by atoms with van der Waals surface area (Å²) < 4.78 is 10.9. The second kappa shape index (κ2) is 7.26. The van der Waals surface area contributed by atoms with Crippen LogP contribution in [0.5, 0.6) is 0 Å². The Morgan fingerprint density at radius 2 is 2.20 bits per heavy atom. The number of carbonyl (C=O) groups is 1. The summed E-state index contributed by atoms with van der Waals surface area (Å²) in [5, 5.41) is 2.87. The Morgan fingerprint density at radius 1 is 1.45 bits per heavy atom. The molecular formula is C15H22N2O3. The molecule has 0 saturated carbocycles. The number of benzene rings is 1. The first-order valence-corrected chi connectivity index (χ1v) is 7.01. The lowest BCUT2D eigenvalue weighted by atomic mass is 10.1. The quantitative estimate of drug-likeness (QED) is 0.809. The van der Waals surface area contributed by atoms with Gasteiger partial charge >= 0.3 is 0 Å². The second-order valence-corrected chi connectivity index (χ2v) is 5.00. The van der Waals surface area contributed by atoms with Gasteiger partial charge < -0.3 is 20.5 Å². The number of nitrogens with two attached hydrogens (primary N) is 1. The number of amides is 1. The minimum atomic E-state index is -0.0502. The highest BCUT2D eigenvalue weighted by atomic mass is 16.5. The summed E-state index contributed by atoms with van der Waals surface area (Å²) in [5.41, 5.74) is 8.15. The molecule has 1 amide bonds. The number of hydrogen-bond acceptors (Lipinski definition) is 4. The minimum absolute atomic E-state index is 0.0502. The first-order chi connectivity index (χ1) is 9.66. The van der Waals surface area contributed by atoms with Gasteiger partial charge in [-0.05, 0) is 37.5 Å². The summed E-state index contributed by atoms with van der Waals surface area (Å²) in [6.45, 7) is 3.83. The molecular weight excluding hydrogens is 256 g/mol. The fourth-order valence-corrected chi connectivity index (χ4v) is 2.16. The molecule has 1 saturated heterocycles. The number of hydrogen-bond donors (Lipinski definition) is 2. The van der Waals surface area contributed by atoms with E-state index < -0.39 is 0 Å². The van der Waals surface area contributed by atoms with Crippen molar-refractivity contribution in [3.05, 3.63) is 23.8 Å². The number of carbonyl (C=O) groups excluding carboxylic acids is 1.